The van der Waals surface area contributed by atoms with Gasteiger partial charge < -0.3 is 161 Å². The first-order valence-electron chi connectivity index (χ1n) is 36.6. The Balaban J connectivity index is 1.15. The summed E-state index contributed by atoms with van der Waals surface area (Å²) < 4.78 is 49.3. The van der Waals surface area contributed by atoms with Gasteiger partial charge >= 0.3 is 11.9 Å². The van der Waals surface area contributed by atoms with Gasteiger partial charge in [-0.2, -0.15) is 0 Å². The molecule has 4 aliphatic heterocycles. The van der Waals surface area contributed by atoms with Crippen LogP contribution in [-0.2, 0) is 87.6 Å². The fourth-order valence-electron chi connectivity index (χ4n) is 12.0. The summed E-state index contributed by atoms with van der Waals surface area (Å²) in [5.41, 5.74) is 0.835. The Labute approximate surface area is 628 Å². The van der Waals surface area contributed by atoms with Crippen molar-refractivity contribution in [3.8, 4) is 0 Å². The molecule has 6 amide bonds. The standard InChI is InChI=1S/C68H113N7O34/c76-34-41-52(88)56(92)60(96)65(106-41)101-27-23-74(24-28-102-66-61(97)57(93)53(89)42(35-77)107-66)48(83)15-7-2-10-20-69-45(80)19-18-40(72-47(82)32-73(33-50(85)86)31-46(81)70-21-11-4-9-17-51(87)105-38-39-13-5-1-6-14-39)64(100)71-22-12-3-8-16-49(84)75(25-29-103-67-62(98)58(94)54(90)43(36-78)108-67)26-30-104-68-63(99)59(95)55(91)44(37-79)109-68/h1,5-6,13-14,40-44,52-63,65-68,76-79,88-99H,2-4,7-12,15-38H2,(H,69,80)(H,70,81)(H,71,100)(H,72,82)(H,85,86)/t40-,41+,42+,43+,44+,52+,53+,54+,55+,56-,57-,58-,59-,60-,61-,62-,63-,65-,66-,67-,68-/m0/s1. The molecule has 0 bridgehead atoms. The lowest BCUT2D eigenvalue weighted by atomic mass is 9.99. The smallest absolute Gasteiger partial charge is 0.317 e. The minimum atomic E-state index is -1.75. The van der Waals surface area contributed by atoms with E-state index in [1.807, 2.05) is 30.3 Å². The van der Waals surface area contributed by atoms with Crippen LogP contribution in [0, 0.1) is 0 Å². The number of nitrogens with one attached hydrogen (secondary N) is 4. The second kappa shape index (κ2) is 50.2. The lowest BCUT2D eigenvalue weighted by molar-refractivity contribution is -0.303. The van der Waals surface area contributed by atoms with Gasteiger partial charge in [0.1, 0.15) is 110 Å². The van der Waals surface area contributed by atoms with E-state index in [1.54, 1.807) is 0 Å². The van der Waals surface area contributed by atoms with Crippen molar-refractivity contribution < 1.29 is 168 Å². The van der Waals surface area contributed by atoms with Crippen LogP contribution < -0.4 is 21.3 Å². The Morgan fingerprint density at radius 1 is 0.404 bits per heavy atom. The number of ether oxygens (including phenoxy) is 9. The number of aliphatic hydroxyl groups is 16. The molecular formula is C68H113N7O34. The zero-order valence-corrected chi connectivity index (χ0v) is 60.7. The first-order valence-corrected chi connectivity index (χ1v) is 36.6. The van der Waals surface area contributed by atoms with Crippen LogP contribution in [0.2, 0.25) is 0 Å². The predicted octanol–water partition coefficient (Wildman–Crippen LogP) is -9.67. The van der Waals surface area contributed by atoms with Crippen LogP contribution in [0.4, 0.5) is 0 Å². The van der Waals surface area contributed by atoms with Gasteiger partial charge in [-0.15, -0.1) is 0 Å². The molecule has 4 heterocycles. The van der Waals surface area contributed by atoms with Gasteiger partial charge in [0, 0.05) is 71.5 Å². The monoisotopic (exact) mass is 1570 g/mol. The van der Waals surface area contributed by atoms with Crippen molar-refractivity contribution in [2.45, 2.75) is 225 Å². The number of unbranched alkanes of at least 4 members (excludes halogenated alkanes) is 6. The molecule has 624 valence electrons. The maximum Gasteiger partial charge on any atom is 0.317 e. The molecule has 0 radical (unpaired) electrons. The highest BCUT2D eigenvalue weighted by Gasteiger charge is 2.48. The molecule has 41 nitrogen and oxygen atoms in total. The van der Waals surface area contributed by atoms with Gasteiger partial charge in [-0.1, -0.05) is 49.6 Å². The van der Waals surface area contributed by atoms with Crippen LogP contribution in [0.25, 0.3) is 0 Å². The number of hydrogen-bond donors (Lipinski definition) is 21. The third kappa shape index (κ3) is 31.8. The van der Waals surface area contributed by atoms with Gasteiger partial charge in [-0.25, -0.2) is 0 Å². The summed E-state index contributed by atoms with van der Waals surface area (Å²) in [5.74, 6) is -5.52. The number of benzene rings is 1. The van der Waals surface area contributed by atoms with Gasteiger partial charge in [0.2, 0.25) is 35.4 Å². The average molecular weight is 1570 g/mol. The molecule has 0 aliphatic carbocycles. The van der Waals surface area contributed by atoms with Crippen molar-refractivity contribution >= 4 is 47.4 Å². The highest BCUT2D eigenvalue weighted by molar-refractivity contribution is 5.89. The Kier molecular flexibility index (Phi) is 43.1. The molecule has 1 aromatic carbocycles. The lowest BCUT2D eigenvalue weighted by Gasteiger charge is -2.40. The zero-order valence-electron chi connectivity index (χ0n) is 60.7. The average Bonchev–Trinajstić information content (AvgIpc) is 0.837. The van der Waals surface area contributed by atoms with Gasteiger partial charge in [0.05, 0.1) is 72.5 Å². The maximum absolute atomic E-state index is 13.9. The summed E-state index contributed by atoms with van der Waals surface area (Å²) >= 11 is 0. The predicted molar refractivity (Wildman–Crippen MR) is 368 cm³/mol. The Morgan fingerprint density at radius 2 is 0.761 bits per heavy atom. The van der Waals surface area contributed by atoms with Crippen molar-refractivity contribution in [3.05, 3.63) is 35.9 Å². The molecule has 0 saturated carbocycles. The zero-order chi connectivity index (χ0) is 80.1. The van der Waals surface area contributed by atoms with E-state index in [2.05, 4.69) is 21.3 Å². The largest absolute Gasteiger partial charge is 0.480 e. The van der Waals surface area contributed by atoms with Crippen molar-refractivity contribution in [3.63, 3.8) is 0 Å². The minimum absolute atomic E-state index is 0.0229. The number of carbonyl (C=O) groups excluding carboxylic acids is 7. The van der Waals surface area contributed by atoms with Crippen LogP contribution >= 0.6 is 0 Å². The van der Waals surface area contributed by atoms with Crippen molar-refractivity contribution in [1.29, 1.82) is 0 Å². The van der Waals surface area contributed by atoms with E-state index in [-0.39, 0.29) is 136 Å². The fourth-order valence-corrected chi connectivity index (χ4v) is 12.0. The SMILES string of the molecule is O=C(O)CN(CC(=O)NCCCCCC(=O)OCc1ccccc1)CC(=O)N[C@@H](CCC(=O)NCCCCCC(=O)N(CCO[C@H]1O[C@H](CO)[C@@H](O)[C@H](O)[C@@H]1O)CCO[C@H]1O[C@H](CO)[C@@H](O)[C@H](O)[C@@H]1O)C(=O)NCCCCCC(=O)N(CCO[C@H]1O[C@H](CO)[C@@H](O)[C@H](O)[C@@H]1O)CCO[C@H]1O[C@H](CO)[C@@H](O)[C@H](O)[C@@H]1O. The summed E-state index contributed by atoms with van der Waals surface area (Å²) in [5, 5.41) is 182. The van der Waals surface area contributed by atoms with Crippen LogP contribution in [0.15, 0.2) is 30.3 Å². The molecular weight excluding hydrogens is 1460 g/mol. The van der Waals surface area contributed by atoms with Crippen LogP contribution in [0.3, 0.4) is 0 Å². The first-order chi connectivity index (χ1) is 52.1. The molecule has 0 spiro atoms. The van der Waals surface area contributed by atoms with E-state index < -0.39 is 216 Å². The number of rotatable bonds is 51. The van der Waals surface area contributed by atoms with Crippen LogP contribution in [0.5, 0.6) is 0 Å². The molecule has 4 fully saturated rings. The van der Waals surface area contributed by atoms with Crippen LogP contribution in [-0.4, -0.2) is 396 Å². The second-order valence-corrected chi connectivity index (χ2v) is 26.8. The van der Waals surface area contributed by atoms with Gasteiger partial charge in [0.25, 0.3) is 0 Å². The van der Waals surface area contributed by atoms with Crippen LogP contribution in [0.1, 0.15) is 95.5 Å². The highest BCUT2D eigenvalue weighted by atomic mass is 16.7. The second-order valence-electron chi connectivity index (χ2n) is 26.8. The molecule has 41 heteroatoms. The molecule has 0 unspecified atom stereocenters. The summed E-state index contributed by atoms with van der Waals surface area (Å²) in [6, 6.07) is 7.73. The minimum Gasteiger partial charge on any atom is -0.480 e. The highest BCUT2D eigenvalue weighted by Crippen LogP contribution is 2.27. The van der Waals surface area contributed by atoms with E-state index in [1.165, 1.54) is 9.80 Å². The summed E-state index contributed by atoms with van der Waals surface area (Å²) in [4.78, 5) is 109. The number of carboxylic acids is 1. The number of hydrogen-bond acceptors (Lipinski definition) is 34. The van der Waals surface area contributed by atoms with Crippen molar-refractivity contribution in [1.82, 2.24) is 36.0 Å². The molecule has 5 rings (SSSR count). The number of esters is 1. The normalized spacial score (nSPS) is 28.7. The maximum atomic E-state index is 13.9. The quantitative estimate of drug-likeness (QED) is 0.0213. The topological polar surface area (TPSA) is 621 Å². The third-order valence-corrected chi connectivity index (χ3v) is 18.5. The van der Waals surface area contributed by atoms with E-state index in [0.717, 1.165) is 10.5 Å². The Morgan fingerprint density at radius 3 is 1.14 bits per heavy atom. The summed E-state index contributed by atoms with van der Waals surface area (Å²) in [7, 11) is 0. The fraction of sp³-hybridized carbons (Fsp3) is 0.794. The number of aliphatic hydroxyl groups excluding tert-OH is 16. The molecule has 21 atom stereocenters. The molecule has 109 heavy (non-hydrogen) atoms. The Hall–Kier alpha value is -6.02. The van der Waals surface area contributed by atoms with Crippen molar-refractivity contribution in [2.75, 3.05) is 118 Å². The molecule has 4 aliphatic rings. The number of aliphatic carboxylic acids is 1. The van der Waals surface area contributed by atoms with Gasteiger partial charge in [-0.3, -0.25) is 43.3 Å². The first kappa shape index (κ1) is 93.6. The third-order valence-electron chi connectivity index (χ3n) is 18.5. The lowest BCUT2D eigenvalue weighted by Crippen LogP contribution is -2.59. The van der Waals surface area contributed by atoms with E-state index in [0.29, 0.717) is 38.5 Å². The number of carboxylic acid groups (broad SMARTS) is 1. The molecule has 0 aromatic heterocycles. The summed E-state index contributed by atoms with van der Waals surface area (Å²) in [6.07, 6.45) is -29.3. The number of nitrogens with zero attached hydrogens (tertiary/aromatic N) is 3. The number of carbonyl (C=O) groups is 8. The van der Waals surface area contributed by atoms with Crippen molar-refractivity contribution in [2.24, 2.45) is 0 Å². The molecule has 21 N–H and O–H groups in total. The van der Waals surface area contributed by atoms with E-state index in [9.17, 15) is 125 Å². The summed E-state index contributed by atoms with van der Waals surface area (Å²) in [6.45, 7) is -6.59. The molecule has 4 saturated heterocycles. The van der Waals surface area contributed by atoms with E-state index in [4.69, 9.17) is 42.6 Å². The Bertz CT molecular complexity index is 2760. The number of amides is 6. The van der Waals surface area contributed by atoms with Gasteiger partial charge in [0.15, 0.2) is 25.2 Å². The van der Waals surface area contributed by atoms with Gasteiger partial charge in [-0.05, 0) is 50.5 Å². The van der Waals surface area contributed by atoms with E-state index >= 15 is 0 Å². The molecule has 1 aromatic rings.